The molecule has 0 saturated carbocycles. The second-order valence-corrected chi connectivity index (χ2v) is 10.3. The lowest BCUT2D eigenvalue weighted by Gasteiger charge is -2.18. The second-order valence-electron chi connectivity index (χ2n) is 10.3. The Morgan fingerprint density at radius 2 is 0.900 bits per heavy atom. The molecule has 0 unspecified atom stereocenters. The van der Waals surface area contributed by atoms with Crippen molar-refractivity contribution in [3.63, 3.8) is 0 Å². The van der Waals surface area contributed by atoms with Crippen molar-refractivity contribution in [2.75, 3.05) is 0 Å². The maximum absolute atomic E-state index is 4.72. The van der Waals surface area contributed by atoms with E-state index in [1.807, 2.05) is 26.1 Å². The molecule has 5 aromatic carbocycles. The van der Waals surface area contributed by atoms with Crippen LogP contribution in [0.4, 0.5) is 0 Å². The molecule has 2 aromatic heterocycles. The molecule has 0 aliphatic rings. The van der Waals surface area contributed by atoms with Gasteiger partial charge in [-0.1, -0.05) is 103 Å². The first-order chi connectivity index (χ1) is 19.7. The summed E-state index contributed by atoms with van der Waals surface area (Å²) in [6, 6.07) is 45.8. The van der Waals surface area contributed by atoms with Gasteiger partial charge in [0.05, 0.1) is 5.69 Å². The van der Waals surface area contributed by atoms with Gasteiger partial charge in [-0.3, -0.25) is 9.97 Å². The van der Waals surface area contributed by atoms with E-state index in [1.165, 1.54) is 54.9 Å². The first-order valence-corrected chi connectivity index (χ1v) is 13.7. The second kappa shape index (κ2) is 9.91. The van der Waals surface area contributed by atoms with Gasteiger partial charge in [0.2, 0.25) is 0 Å². The lowest BCUT2D eigenvalue weighted by molar-refractivity contribution is 1.20. The van der Waals surface area contributed by atoms with Gasteiger partial charge in [0, 0.05) is 23.1 Å². The number of aromatic nitrogens is 2. The van der Waals surface area contributed by atoms with Crippen LogP contribution in [0.5, 0.6) is 0 Å². The maximum atomic E-state index is 4.72. The number of aryl methyl sites for hydroxylation is 2. The number of hydrogen-bond acceptors (Lipinski definition) is 2. The zero-order valence-electron chi connectivity index (χ0n) is 22.6. The van der Waals surface area contributed by atoms with Crippen molar-refractivity contribution in [2.24, 2.45) is 0 Å². The molecule has 7 rings (SSSR count). The minimum atomic E-state index is 1.00. The fourth-order valence-corrected chi connectivity index (χ4v) is 5.82. The minimum Gasteiger partial charge on any atom is -0.262 e. The molecule has 0 N–H and O–H groups in total. The Hall–Kier alpha value is -5.08. The molecule has 0 spiro atoms. The summed E-state index contributed by atoms with van der Waals surface area (Å²) in [5, 5.41) is 5.03. The van der Waals surface area contributed by atoms with Crippen LogP contribution in [-0.2, 0) is 0 Å². The Morgan fingerprint density at radius 1 is 0.400 bits per heavy atom. The van der Waals surface area contributed by atoms with Crippen LogP contribution in [0.15, 0.2) is 134 Å². The predicted molar refractivity (Wildman–Crippen MR) is 168 cm³/mol. The highest BCUT2D eigenvalue weighted by atomic mass is 14.7. The van der Waals surface area contributed by atoms with E-state index in [4.69, 9.17) is 4.98 Å². The third-order valence-corrected chi connectivity index (χ3v) is 7.69. The molecule has 0 amide bonds. The molecule has 0 bridgehead atoms. The average Bonchev–Trinajstić information content (AvgIpc) is 3.00. The Labute approximate surface area is 234 Å². The van der Waals surface area contributed by atoms with Crippen molar-refractivity contribution in [1.82, 2.24) is 9.97 Å². The largest absolute Gasteiger partial charge is 0.262 e. The van der Waals surface area contributed by atoms with Gasteiger partial charge in [0.25, 0.3) is 0 Å². The van der Waals surface area contributed by atoms with E-state index in [2.05, 4.69) is 126 Å². The number of hydrogen-bond donors (Lipinski definition) is 0. The number of rotatable bonds is 4. The molecule has 0 fully saturated rings. The zero-order chi connectivity index (χ0) is 27.1. The molecule has 190 valence electrons. The summed E-state index contributed by atoms with van der Waals surface area (Å²) in [5.41, 5.74) is 11.5. The summed E-state index contributed by atoms with van der Waals surface area (Å²) in [7, 11) is 0. The SMILES string of the molecule is Cc1cc(-c2ccc(-c3c4ccccc4c(-c4ccc(-c5cccc(C)n5)cc4)c4ccccc34)cc2)ccn1. The van der Waals surface area contributed by atoms with Crippen LogP contribution in [-0.4, -0.2) is 9.97 Å². The van der Waals surface area contributed by atoms with E-state index in [9.17, 15) is 0 Å². The van der Waals surface area contributed by atoms with Gasteiger partial charge in [-0.15, -0.1) is 0 Å². The number of nitrogens with zero attached hydrogens (tertiary/aromatic N) is 2. The summed E-state index contributed by atoms with van der Waals surface area (Å²) >= 11 is 0. The van der Waals surface area contributed by atoms with Crippen LogP contribution >= 0.6 is 0 Å². The molecule has 7 aromatic rings. The number of pyridine rings is 2. The molecule has 2 heterocycles. The van der Waals surface area contributed by atoms with E-state index in [0.717, 1.165) is 22.6 Å². The summed E-state index contributed by atoms with van der Waals surface area (Å²) in [6.07, 6.45) is 1.88. The molecule has 2 heteroatoms. The van der Waals surface area contributed by atoms with Crippen molar-refractivity contribution in [2.45, 2.75) is 13.8 Å². The lowest BCUT2D eigenvalue weighted by Crippen LogP contribution is -1.91. The molecular weight excluding hydrogens is 484 g/mol. The monoisotopic (exact) mass is 512 g/mol. The van der Waals surface area contributed by atoms with Crippen molar-refractivity contribution >= 4 is 21.5 Å². The van der Waals surface area contributed by atoms with E-state index >= 15 is 0 Å². The number of benzene rings is 5. The lowest BCUT2D eigenvalue weighted by atomic mass is 9.85. The fourth-order valence-electron chi connectivity index (χ4n) is 5.82. The summed E-state index contributed by atoms with van der Waals surface area (Å²) in [4.78, 5) is 9.07. The molecule has 40 heavy (non-hydrogen) atoms. The Kier molecular flexibility index (Phi) is 5.94. The smallest absolute Gasteiger partial charge is 0.0705 e. The fraction of sp³-hybridized carbons (Fsp3) is 0.0526. The van der Waals surface area contributed by atoms with Crippen LogP contribution in [0.25, 0.3) is 66.2 Å². The summed E-state index contributed by atoms with van der Waals surface area (Å²) in [6.45, 7) is 4.07. The Balaban J connectivity index is 1.40. The first kappa shape index (κ1) is 24.0. The normalized spacial score (nSPS) is 11.2. The van der Waals surface area contributed by atoms with E-state index in [1.54, 1.807) is 0 Å². The minimum absolute atomic E-state index is 1.00. The van der Waals surface area contributed by atoms with Crippen LogP contribution in [0, 0.1) is 13.8 Å². The topological polar surface area (TPSA) is 25.8 Å². The molecular formula is C38H28N2. The van der Waals surface area contributed by atoms with Crippen molar-refractivity contribution in [3.05, 3.63) is 145 Å². The van der Waals surface area contributed by atoms with Crippen LogP contribution in [0.1, 0.15) is 11.4 Å². The summed E-state index contributed by atoms with van der Waals surface area (Å²) < 4.78 is 0. The Bertz CT molecular complexity index is 1800. The number of fused-ring (bicyclic) bond motifs is 2. The van der Waals surface area contributed by atoms with E-state index in [-0.39, 0.29) is 0 Å². The maximum Gasteiger partial charge on any atom is 0.0705 e. The van der Waals surface area contributed by atoms with Gasteiger partial charge in [0.15, 0.2) is 0 Å². The third-order valence-electron chi connectivity index (χ3n) is 7.69. The van der Waals surface area contributed by atoms with Gasteiger partial charge >= 0.3 is 0 Å². The highest BCUT2D eigenvalue weighted by molar-refractivity contribution is 6.21. The molecule has 0 aliphatic heterocycles. The zero-order valence-corrected chi connectivity index (χ0v) is 22.6. The molecule has 2 nitrogen and oxygen atoms in total. The van der Waals surface area contributed by atoms with Crippen molar-refractivity contribution in [1.29, 1.82) is 0 Å². The van der Waals surface area contributed by atoms with Crippen LogP contribution < -0.4 is 0 Å². The third kappa shape index (κ3) is 4.24. The highest BCUT2D eigenvalue weighted by Gasteiger charge is 2.16. The van der Waals surface area contributed by atoms with E-state index < -0.39 is 0 Å². The van der Waals surface area contributed by atoms with Crippen molar-refractivity contribution in [3.8, 4) is 44.6 Å². The average molecular weight is 513 g/mol. The van der Waals surface area contributed by atoms with E-state index in [0.29, 0.717) is 0 Å². The molecule has 0 atom stereocenters. The van der Waals surface area contributed by atoms with Gasteiger partial charge < -0.3 is 0 Å². The van der Waals surface area contributed by atoms with Crippen LogP contribution in [0.2, 0.25) is 0 Å². The molecule has 0 aliphatic carbocycles. The molecule has 0 radical (unpaired) electrons. The van der Waals surface area contributed by atoms with Gasteiger partial charge in [0.1, 0.15) is 0 Å². The predicted octanol–water partition coefficient (Wildman–Crippen LogP) is 10.1. The van der Waals surface area contributed by atoms with Crippen molar-refractivity contribution < 1.29 is 0 Å². The Morgan fingerprint density at radius 3 is 1.40 bits per heavy atom. The standard InChI is InChI=1S/C38H28N2/c1-25-8-7-13-36(40-25)28-16-20-30(21-17-28)38-34-11-5-3-9-32(34)37(33-10-4-6-12-35(33)38)29-18-14-27(15-19-29)31-22-23-39-26(2)24-31/h3-24H,1-2H3. The van der Waals surface area contributed by atoms with Crippen LogP contribution in [0.3, 0.4) is 0 Å². The first-order valence-electron chi connectivity index (χ1n) is 13.7. The highest BCUT2D eigenvalue weighted by Crippen LogP contribution is 2.44. The molecule has 0 saturated heterocycles. The van der Waals surface area contributed by atoms with Gasteiger partial charge in [-0.05, 0) is 93.0 Å². The summed E-state index contributed by atoms with van der Waals surface area (Å²) in [5.74, 6) is 0. The van der Waals surface area contributed by atoms with Gasteiger partial charge in [-0.2, -0.15) is 0 Å². The quantitative estimate of drug-likeness (QED) is 0.219. The van der Waals surface area contributed by atoms with Gasteiger partial charge in [-0.25, -0.2) is 0 Å².